The minimum atomic E-state index is 0.599. The van der Waals surface area contributed by atoms with Crippen LogP contribution in [0.15, 0.2) is 4.99 Å². The monoisotopic (exact) mass is 124 g/mol. The number of hydrogen-bond acceptors (Lipinski definition) is 2. The molecule has 0 rings (SSSR count). The molecule has 0 aromatic rings. The summed E-state index contributed by atoms with van der Waals surface area (Å²) in [5.41, 5.74) is 0.924. The maximum atomic E-state index is 8.11. The first kappa shape index (κ1) is 8.16. The normalized spacial score (nSPS) is 11.7. The van der Waals surface area contributed by atoms with Gasteiger partial charge in [-0.2, -0.15) is 10.3 Å². The highest BCUT2D eigenvalue weighted by Gasteiger charge is 1.94. The van der Waals surface area contributed by atoms with Crippen LogP contribution >= 0.6 is 0 Å². The second-order valence-corrected chi connectivity index (χ2v) is 2.55. The molecule has 0 saturated heterocycles. The fourth-order valence-corrected chi connectivity index (χ4v) is 0.722. The number of nitriles is 1. The summed E-state index contributed by atoms with van der Waals surface area (Å²) in [6.07, 6.45) is 2.68. The predicted molar refractivity (Wildman–Crippen MR) is 38.2 cm³/mol. The first-order chi connectivity index (χ1) is 4.16. The van der Waals surface area contributed by atoms with Crippen LogP contribution in [0.2, 0.25) is 0 Å². The summed E-state index contributed by atoms with van der Waals surface area (Å²) in [6.45, 7) is 6.09. The van der Waals surface area contributed by atoms with Crippen molar-refractivity contribution in [3.8, 4) is 6.19 Å². The molecule has 0 bridgehead atoms. The Labute approximate surface area is 56.2 Å². The molecule has 0 saturated carbocycles. The van der Waals surface area contributed by atoms with Gasteiger partial charge >= 0.3 is 0 Å². The van der Waals surface area contributed by atoms with Gasteiger partial charge in [0.05, 0.1) is 0 Å². The van der Waals surface area contributed by atoms with Crippen molar-refractivity contribution in [1.29, 1.82) is 5.26 Å². The summed E-state index contributed by atoms with van der Waals surface area (Å²) >= 11 is 0. The average Bonchev–Trinajstić information content (AvgIpc) is 1.63. The van der Waals surface area contributed by atoms with Crippen LogP contribution in [0.1, 0.15) is 27.2 Å². The average molecular weight is 124 g/mol. The summed E-state index contributed by atoms with van der Waals surface area (Å²) in [5.74, 6) is 0.599. The molecule has 0 aliphatic heterocycles. The van der Waals surface area contributed by atoms with E-state index in [9.17, 15) is 0 Å². The highest BCUT2D eigenvalue weighted by atomic mass is 14.7. The molecule has 0 amide bonds. The largest absolute Gasteiger partial charge is 0.205 e. The second kappa shape index (κ2) is 4.08. The van der Waals surface area contributed by atoms with Crippen molar-refractivity contribution in [3.63, 3.8) is 0 Å². The van der Waals surface area contributed by atoms with E-state index in [-0.39, 0.29) is 0 Å². The molecule has 0 radical (unpaired) electrons. The van der Waals surface area contributed by atoms with Crippen molar-refractivity contribution < 1.29 is 0 Å². The minimum absolute atomic E-state index is 0.599. The fraction of sp³-hybridized carbons (Fsp3) is 0.714. The topological polar surface area (TPSA) is 36.1 Å². The van der Waals surface area contributed by atoms with Gasteiger partial charge in [0.1, 0.15) is 0 Å². The number of nitrogens with zero attached hydrogens (tertiary/aromatic N) is 2. The molecule has 0 aromatic carbocycles. The van der Waals surface area contributed by atoms with Crippen LogP contribution in [0.5, 0.6) is 0 Å². The molecule has 2 nitrogen and oxygen atoms in total. The Bertz CT molecular complexity index is 139. The quantitative estimate of drug-likeness (QED) is 0.409. The van der Waals surface area contributed by atoms with Crippen LogP contribution in [0.4, 0.5) is 0 Å². The van der Waals surface area contributed by atoms with Gasteiger partial charge in [0.25, 0.3) is 0 Å². The number of rotatable bonds is 2. The van der Waals surface area contributed by atoms with Crippen molar-refractivity contribution in [2.24, 2.45) is 10.9 Å². The van der Waals surface area contributed by atoms with E-state index in [2.05, 4.69) is 18.8 Å². The van der Waals surface area contributed by atoms with Crippen LogP contribution in [-0.2, 0) is 0 Å². The summed E-state index contributed by atoms with van der Waals surface area (Å²) in [7, 11) is 0. The van der Waals surface area contributed by atoms with Crippen molar-refractivity contribution in [2.45, 2.75) is 27.2 Å². The molecule has 0 atom stereocenters. The molecular formula is C7H12N2. The Kier molecular flexibility index (Phi) is 3.70. The Morgan fingerprint density at radius 2 is 2.22 bits per heavy atom. The van der Waals surface area contributed by atoms with Crippen LogP contribution in [0.25, 0.3) is 0 Å². The zero-order valence-corrected chi connectivity index (χ0v) is 6.18. The lowest BCUT2D eigenvalue weighted by Crippen LogP contribution is -1.96. The number of hydrogen-bond donors (Lipinski definition) is 0. The third kappa shape index (κ3) is 5.02. The molecule has 0 aliphatic carbocycles. The maximum Gasteiger partial charge on any atom is 0.205 e. The van der Waals surface area contributed by atoms with Gasteiger partial charge in [-0.05, 0) is 19.3 Å². The lowest BCUT2D eigenvalue weighted by molar-refractivity contribution is 0.682. The van der Waals surface area contributed by atoms with E-state index >= 15 is 0 Å². The summed E-state index contributed by atoms with van der Waals surface area (Å²) in [5, 5.41) is 8.11. The van der Waals surface area contributed by atoms with E-state index in [1.54, 1.807) is 6.19 Å². The molecule has 0 aliphatic rings. The van der Waals surface area contributed by atoms with Crippen molar-refractivity contribution in [2.75, 3.05) is 0 Å². The van der Waals surface area contributed by atoms with Crippen LogP contribution in [0, 0.1) is 17.4 Å². The van der Waals surface area contributed by atoms with E-state index < -0.39 is 0 Å². The summed E-state index contributed by atoms with van der Waals surface area (Å²) < 4.78 is 0. The van der Waals surface area contributed by atoms with Crippen LogP contribution < -0.4 is 0 Å². The summed E-state index contributed by atoms with van der Waals surface area (Å²) in [6, 6.07) is 0. The van der Waals surface area contributed by atoms with E-state index in [0.717, 1.165) is 12.1 Å². The van der Waals surface area contributed by atoms with Gasteiger partial charge in [-0.25, -0.2) is 0 Å². The van der Waals surface area contributed by atoms with Gasteiger partial charge in [-0.1, -0.05) is 13.8 Å². The Hall–Kier alpha value is -0.840. The van der Waals surface area contributed by atoms with E-state index in [1.165, 1.54) is 0 Å². The molecule has 0 fully saturated rings. The first-order valence-electron chi connectivity index (χ1n) is 3.09. The van der Waals surface area contributed by atoms with Gasteiger partial charge in [-0.3, -0.25) is 0 Å². The molecule has 0 N–H and O–H groups in total. The molecule has 0 unspecified atom stereocenters. The lowest BCUT2D eigenvalue weighted by Gasteiger charge is -1.99. The van der Waals surface area contributed by atoms with Crippen molar-refractivity contribution >= 4 is 5.71 Å². The van der Waals surface area contributed by atoms with E-state index in [0.29, 0.717) is 5.92 Å². The molecule has 50 valence electrons. The van der Waals surface area contributed by atoms with Gasteiger partial charge in [-0.15, -0.1) is 0 Å². The van der Waals surface area contributed by atoms with Crippen molar-refractivity contribution in [3.05, 3.63) is 0 Å². The van der Waals surface area contributed by atoms with Crippen LogP contribution in [-0.4, -0.2) is 5.71 Å². The smallest absolute Gasteiger partial charge is 0.183 e. The lowest BCUT2D eigenvalue weighted by atomic mass is 10.1. The third-order valence-corrected chi connectivity index (χ3v) is 0.945. The van der Waals surface area contributed by atoms with Gasteiger partial charge < -0.3 is 0 Å². The third-order valence-electron chi connectivity index (χ3n) is 0.945. The van der Waals surface area contributed by atoms with Gasteiger partial charge in [0, 0.05) is 5.71 Å². The van der Waals surface area contributed by atoms with Gasteiger partial charge in [0.2, 0.25) is 6.19 Å². The molecule has 0 heterocycles. The Morgan fingerprint density at radius 1 is 1.67 bits per heavy atom. The maximum absolute atomic E-state index is 8.11. The number of aliphatic imine (C=N–C) groups is 1. The first-order valence-corrected chi connectivity index (χ1v) is 3.09. The van der Waals surface area contributed by atoms with E-state index in [4.69, 9.17) is 5.26 Å². The van der Waals surface area contributed by atoms with Crippen LogP contribution in [0.3, 0.4) is 0 Å². The fourth-order valence-electron chi connectivity index (χ4n) is 0.722. The molecule has 0 spiro atoms. The minimum Gasteiger partial charge on any atom is -0.183 e. The Morgan fingerprint density at radius 3 is 2.56 bits per heavy atom. The molecule has 0 aromatic heterocycles. The molecular weight excluding hydrogens is 112 g/mol. The molecule has 9 heavy (non-hydrogen) atoms. The van der Waals surface area contributed by atoms with Crippen molar-refractivity contribution in [1.82, 2.24) is 0 Å². The predicted octanol–water partition coefficient (Wildman–Crippen LogP) is 1.97. The molecule has 2 heteroatoms. The highest BCUT2D eigenvalue weighted by Crippen LogP contribution is 2.00. The second-order valence-electron chi connectivity index (χ2n) is 2.55. The Balaban J connectivity index is 3.66. The SMILES string of the molecule is CC(CC(C)C)=NC#N. The standard InChI is InChI=1S/C7H12N2/c1-6(2)4-7(3)9-5-8/h6H,4H2,1-3H3. The zero-order chi connectivity index (χ0) is 7.28. The highest BCUT2D eigenvalue weighted by molar-refractivity contribution is 5.82. The van der Waals surface area contributed by atoms with Gasteiger partial charge in [0.15, 0.2) is 0 Å². The summed E-state index contributed by atoms with van der Waals surface area (Å²) in [4.78, 5) is 3.59. The van der Waals surface area contributed by atoms with E-state index in [1.807, 2.05) is 6.92 Å². The zero-order valence-electron chi connectivity index (χ0n) is 6.18.